The molecule has 2 rings (SSSR count). The fourth-order valence-corrected chi connectivity index (χ4v) is 2.79. The fraction of sp³-hybridized carbons (Fsp3) is 0.588. The average molecular weight is 324 g/mol. The molecule has 1 aliphatic heterocycles. The molecule has 0 radical (unpaired) electrons. The van der Waals surface area contributed by atoms with E-state index in [1.165, 1.54) is 19.2 Å². The van der Waals surface area contributed by atoms with Crippen LogP contribution in [0.1, 0.15) is 31.4 Å². The van der Waals surface area contributed by atoms with Gasteiger partial charge in [-0.3, -0.25) is 4.79 Å². The summed E-state index contributed by atoms with van der Waals surface area (Å²) in [6, 6.07) is 3.91. The molecule has 5 nitrogen and oxygen atoms in total. The molecule has 0 saturated carbocycles. The molecule has 1 saturated heterocycles. The third kappa shape index (κ3) is 5.48. The van der Waals surface area contributed by atoms with E-state index in [1.807, 2.05) is 0 Å². The van der Waals surface area contributed by atoms with E-state index < -0.39 is 0 Å². The van der Waals surface area contributed by atoms with Crippen molar-refractivity contribution in [1.29, 1.82) is 0 Å². The van der Waals surface area contributed by atoms with Crippen molar-refractivity contribution in [2.24, 2.45) is 5.92 Å². The van der Waals surface area contributed by atoms with Crippen LogP contribution >= 0.6 is 0 Å². The summed E-state index contributed by atoms with van der Waals surface area (Å²) >= 11 is 0. The zero-order valence-corrected chi connectivity index (χ0v) is 13.7. The van der Waals surface area contributed by atoms with Crippen molar-refractivity contribution < 1.29 is 18.7 Å². The van der Waals surface area contributed by atoms with Crippen molar-refractivity contribution in [3.63, 3.8) is 0 Å². The number of methoxy groups -OCH3 is 1. The summed E-state index contributed by atoms with van der Waals surface area (Å²) in [6.45, 7) is 4.39. The number of rotatable bonds is 7. The Labute approximate surface area is 136 Å². The summed E-state index contributed by atoms with van der Waals surface area (Å²) in [5.74, 6) is 0.446. The Morgan fingerprint density at radius 1 is 1.52 bits per heavy atom. The molecular weight excluding hydrogens is 299 g/mol. The van der Waals surface area contributed by atoms with Crippen LogP contribution in [0.3, 0.4) is 0 Å². The number of nitrogens with one attached hydrogen (secondary N) is 2. The normalized spacial score (nSPS) is 19.2. The van der Waals surface area contributed by atoms with Crippen molar-refractivity contribution in [2.45, 2.75) is 25.8 Å². The molecule has 1 aromatic carbocycles. The monoisotopic (exact) mass is 324 g/mol. The average Bonchev–Trinajstić information content (AvgIpc) is 2.55. The first-order chi connectivity index (χ1) is 11.1. The van der Waals surface area contributed by atoms with Gasteiger partial charge >= 0.3 is 0 Å². The third-order valence-electron chi connectivity index (χ3n) is 4.02. The Morgan fingerprint density at radius 3 is 3.04 bits per heavy atom. The number of piperidine rings is 1. The highest BCUT2D eigenvalue weighted by molar-refractivity contribution is 5.77. The summed E-state index contributed by atoms with van der Waals surface area (Å²) in [5, 5.41) is 6.12. The van der Waals surface area contributed by atoms with Gasteiger partial charge in [0.05, 0.1) is 19.8 Å². The van der Waals surface area contributed by atoms with Gasteiger partial charge in [-0.1, -0.05) is 0 Å². The number of hydrogen-bond acceptors (Lipinski definition) is 4. The molecular formula is C17H25FN2O3. The molecule has 1 amide bonds. The summed E-state index contributed by atoms with van der Waals surface area (Å²) in [5.41, 5.74) is 0.609. The first kappa shape index (κ1) is 17.7. The zero-order valence-electron chi connectivity index (χ0n) is 13.7. The van der Waals surface area contributed by atoms with E-state index >= 15 is 0 Å². The lowest BCUT2D eigenvalue weighted by molar-refractivity contribution is -0.126. The van der Waals surface area contributed by atoms with Crippen LogP contribution in [0, 0.1) is 11.7 Å². The first-order valence-corrected chi connectivity index (χ1v) is 8.01. The second-order valence-electron chi connectivity index (χ2n) is 5.90. The molecule has 2 atom stereocenters. The zero-order chi connectivity index (χ0) is 16.7. The molecule has 6 heteroatoms. The SMILES string of the molecule is COc1ccc(F)cc1C(C)NC(=O)COCC1CCCNC1. The van der Waals surface area contributed by atoms with Crippen molar-refractivity contribution >= 4 is 5.91 Å². The molecule has 2 unspecified atom stereocenters. The lowest BCUT2D eigenvalue weighted by Crippen LogP contribution is -2.34. The van der Waals surface area contributed by atoms with Crippen LogP contribution in [0.25, 0.3) is 0 Å². The van der Waals surface area contributed by atoms with Gasteiger partial charge in [0.15, 0.2) is 0 Å². The lowest BCUT2D eigenvalue weighted by Gasteiger charge is -2.22. The van der Waals surface area contributed by atoms with Gasteiger partial charge in [-0.15, -0.1) is 0 Å². The lowest BCUT2D eigenvalue weighted by atomic mass is 10.0. The highest BCUT2D eigenvalue weighted by Gasteiger charge is 2.17. The maximum absolute atomic E-state index is 13.4. The standard InChI is InChI=1S/C17H25FN2O3/c1-12(15-8-14(18)5-6-16(15)22-2)20-17(21)11-23-10-13-4-3-7-19-9-13/h5-6,8,12-13,19H,3-4,7,9-11H2,1-2H3,(H,20,21). The highest BCUT2D eigenvalue weighted by Crippen LogP contribution is 2.25. The second kappa shape index (κ2) is 8.84. The molecule has 0 bridgehead atoms. The van der Waals surface area contributed by atoms with Crippen molar-refractivity contribution in [2.75, 3.05) is 33.4 Å². The number of carbonyl (C=O) groups excluding carboxylic acids is 1. The van der Waals surface area contributed by atoms with Gasteiger partial charge in [0.1, 0.15) is 18.2 Å². The smallest absolute Gasteiger partial charge is 0.246 e. The molecule has 0 aliphatic carbocycles. The predicted molar refractivity (Wildman–Crippen MR) is 85.9 cm³/mol. The summed E-state index contributed by atoms with van der Waals surface area (Å²) < 4.78 is 24.1. The van der Waals surface area contributed by atoms with E-state index in [0.717, 1.165) is 25.9 Å². The largest absolute Gasteiger partial charge is 0.496 e. The number of hydrogen-bond donors (Lipinski definition) is 2. The van der Waals surface area contributed by atoms with Crippen LogP contribution < -0.4 is 15.4 Å². The molecule has 1 heterocycles. The van der Waals surface area contributed by atoms with Crippen molar-refractivity contribution in [1.82, 2.24) is 10.6 Å². The minimum absolute atomic E-state index is 0.0124. The van der Waals surface area contributed by atoms with E-state index in [9.17, 15) is 9.18 Å². The molecule has 0 aromatic heterocycles. The highest BCUT2D eigenvalue weighted by atomic mass is 19.1. The number of benzene rings is 1. The van der Waals surface area contributed by atoms with Crippen LogP contribution in [0.15, 0.2) is 18.2 Å². The van der Waals surface area contributed by atoms with Crippen molar-refractivity contribution in [3.8, 4) is 5.75 Å². The molecule has 0 spiro atoms. The van der Waals surface area contributed by atoms with Gasteiger partial charge in [-0.2, -0.15) is 0 Å². The van der Waals surface area contributed by atoms with Gasteiger partial charge in [-0.25, -0.2) is 4.39 Å². The number of ether oxygens (including phenoxy) is 2. The molecule has 23 heavy (non-hydrogen) atoms. The summed E-state index contributed by atoms with van der Waals surface area (Å²) in [6.07, 6.45) is 2.28. The third-order valence-corrected chi connectivity index (χ3v) is 4.02. The first-order valence-electron chi connectivity index (χ1n) is 8.01. The number of halogens is 1. The number of amides is 1. The van der Waals surface area contributed by atoms with Crippen LogP contribution in [0.2, 0.25) is 0 Å². The van der Waals surface area contributed by atoms with E-state index in [2.05, 4.69) is 10.6 Å². The topological polar surface area (TPSA) is 59.6 Å². The summed E-state index contributed by atoms with van der Waals surface area (Å²) in [4.78, 5) is 12.0. The number of carbonyl (C=O) groups is 1. The molecule has 2 N–H and O–H groups in total. The quantitative estimate of drug-likeness (QED) is 0.806. The van der Waals surface area contributed by atoms with Gasteiger partial charge in [0.2, 0.25) is 5.91 Å². The fourth-order valence-electron chi connectivity index (χ4n) is 2.79. The molecule has 1 fully saturated rings. The Bertz CT molecular complexity index is 519. The second-order valence-corrected chi connectivity index (χ2v) is 5.90. The van der Waals surface area contributed by atoms with E-state index in [0.29, 0.717) is 23.8 Å². The Kier molecular flexibility index (Phi) is 6.80. The Balaban J connectivity index is 1.79. The molecule has 128 valence electrons. The van der Waals surface area contributed by atoms with Gasteiger partial charge in [0.25, 0.3) is 0 Å². The van der Waals surface area contributed by atoms with Crippen molar-refractivity contribution in [3.05, 3.63) is 29.6 Å². The molecule has 1 aromatic rings. The predicted octanol–water partition coefficient (Wildman–Crippen LogP) is 2.03. The Hall–Kier alpha value is -1.66. The van der Waals surface area contributed by atoms with Crippen LogP contribution in [-0.2, 0) is 9.53 Å². The van der Waals surface area contributed by atoms with E-state index in [1.54, 1.807) is 13.0 Å². The minimum Gasteiger partial charge on any atom is -0.496 e. The summed E-state index contributed by atoms with van der Waals surface area (Å²) in [7, 11) is 1.52. The van der Waals surface area contributed by atoms with Gasteiger partial charge in [-0.05, 0) is 50.4 Å². The van der Waals surface area contributed by atoms with Gasteiger partial charge < -0.3 is 20.1 Å². The van der Waals surface area contributed by atoms with Gasteiger partial charge in [0, 0.05) is 12.1 Å². The van der Waals surface area contributed by atoms with Crippen LogP contribution in [0.4, 0.5) is 4.39 Å². The van der Waals surface area contributed by atoms with Crippen LogP contribution in [0.5, 0.6) is 5.75 Å². The Morgan fingerprint density at radius 2 is 2.35 bits per heavy atom. The minimum atomic E-state index is -0.358. The molecule has 1 aliphatic rings. The van der Waals surface area contributed by atoms with E-state index in [-0.39, 0.29) is 24.4 Å². The maximum atomic E-state index is 13.4. The maximum Gasteiger partial charge on any atom is 0.246 e. The van der Waals surface area contributed by atoms with Crippen LogP contribution in [-0.4, -0.2) is 39.3 Å². The van der Waals surface area contributed by atoms with E-state index in [4.69, 9.17) is 9.47 Å².